The molecule has 0 rings (SSSR count). The largest absolute Gasteiger partial charge is 0.376 e. The van der Waals surface area contributed by atoms with E-state index in [0.717, 1.165) is 13.0 Å². The average molecular weight is 175 g/mol. The molecule has 12 heavy (non-hydrogen) atoms. The van der Waals surface area contributed by atoms with Crippen molar-refractivity contribution in [3.8, 4) is 0 Å². The molecule has 0 radical (unpaired) electrons. The van der Waals surface area contributed by atoms with Gasteiger partial charge in [-0.15, -0.1) is 0 Å². The van der Waals surface area contributed by atoms with Crippen molar-refractivity contribution >= 4 is 6.03 Å². The molecule has 0 aromatic heterocycles. The molecule has 0 unspecified atom stereocenters. The van der Waals surface area contributed by atoms with Crippen LogP contribution in [0.15, 0.2) is 0 Å². The molecule has 0 aliphatic carbocycles. The van der Waals surface area contributed by atoms with Gasteiger partial charge in [0, 0.05) is 6.54 Å². The van der Waals surface area contributed by atoms with Crippen molar-refractivity contribution < 1.29 is 9.90 Å². The molecule has 0 atom stereocenters. The zero-order valence-electron chi connectivity index (χ0n) is 7.63. The molecule has 72 valence electrons. The number of hydrogen-bond acceptors (Lipinski definition) is 3. The van der Waals surface area contributed by atoms with Gasteiger partial charge in [-0.25, -0.2) is 4.79 Å². The summed E-state index contributed by atoms with van der Waals surface area (Å²) in [5.74, 6) is 0. The summed E-state index contributed by atoms with van der Waals surface area (Å²) in [6.45, 7) is 1.25. The fraction of sp³-hybridized carbons (Fsp3) is 0.857. The third-order valence-electron chi connectivity index (χ3n) is 1.31. The minimum Gasteiger partial charge on any atom is -0.376 e. The summed E-state index contributed by atoms with van der Waals surface area (Å²) in [5.41, 5.74) is 0. The smallest absolute Gasteiger partial charge is 0.316 e. The second kappa shape index (κ2) is 6.87. The summed E-state index contributed by atoms with van der Waals surface area (Å²) in [4.78, 5) is 12.7. The van der Waals surface area contributed by atoms with Crippen LogP contribution in [0.25, 0.3) is 0 Å². The van der Waals surface area contributed by atoms with Gasteiger partial charge >= 0.3 is 6.03 Å². The first-order valence-corrected chi connectivity index (χ1v) is 3.94. The minimum absolute atomic E-state index is 0.320. The van der Waals surface area contributed by atoms with Crippen LogP contribution in [-0.4, -0.2) is 50.0 Å². The van der Waals surface area contributed by atoms with Gasteiger partial charge in [0.15, 0.2) is 0 Å². The van der Waals surface area contributed by atoms with E-state index in [-0.39, 0.29) is 12.8 Å². The van der Waals surface area contributed by atoms with E-state index in [1.165, 1.54) is 0 Å². The highest BCUT2D eigenvalue weighted by Gasteiger charge is 1.96. The van der Waals surface area contributed by atoms with Gasteiger partial charge in [-0.05, 0) is 27.1 Å². The molecule has 0 aromatic rings. The lowest BCUT2D eigenvalue weighted by molar-refractivity contribution is 0.217. The molecule has 0 fully saturated rings. The Morgan fingerprint density at radius 2 is 2.08 bits per heavy atom. The number of rotatable bonds is 5. The van der Waals surface area contributed by atoms with Crippen LogP contribution in [0, 0.1) is 0 Å². The first-order chi connectivity index (χ1) is 5.66. The first kappa shape index (κ1) is 11.2. The van der Waals surface area contributed by atoms with Crippen molar-refractivity contribution in [2.24, 2.45) is 0 Å². The predicted octanol–water partition coefficient (Wildman–Crippen LogP) is -0.813. The maximum atomic E-state index is 10.7. The maximum absolute atomic E-state index is 10.7. The number of urea groups is 1. The van der Waals surface area contributed by atoms with Crippen LogP contribution in [0.5, 0.6) is 0 Å². The van der Waals surface area contributed by atoms with E-state index in [9.17, 15) is 4.79 Å². The average Bonchev–Trinajstić information content (AvgIpc) is 1.98. The summed E-state index contributed by atoms with van der Waals surface area (Å²) in [6.07, 6.45) is 0.909. The number of aliphatic hydroxyl groups excluding tert-OH is 1. The van der Waals surface area contributed by atoms with Gasteiger partial charge in [-0.2, -0.15) is 0 Å². The molecule has 0 spiro atoms. The van der Waals surface area contributed by atoms with Gasteiger partial charge in [0.1, 0.15) is 6.73 Å². The summed E-state index contributed by atoms with van der Waals surface area (Å²) < 4.78 is 0. The molecule has 2 amide bonds. The highest BCUT2D eigenvalue weighted by molar-refractivity contribution is 5.73. The lowest BCUT2D eigenvalue weighted by atomic mass is 10.4. The molecule has 0 saturated heterocycles. The number of amides is 2. The molecule has 0 aliphatic rings. The molecule has 0 heterocycles. The topological polar surface area (TPSA) is 64.6 Å². The Morgan fingerprint density at radius 3 is 2.58 bits per heavy atom. The molecule has 0 bridgehead atoms. The van der Waals surface area contributed by atoms with Crippen LogP contribution >= 0.6 is 0 Å². The molecule has 0 aromatic carbocycles. The van der Waals surface area contributed by atoms with Gasteiger partial charge in [-0.1, -0.05) is 0 Å². The second-order valence-electron chi connectivity index (χ2n) is 2.75. The van der Waals surface area contributed by atoms with Gasteiger partial charge in [0.25, 0.3) is 0 Å². The fourth-order valence-corrected chi connectivity index (χ4v) is 0.732. The second-order valence-corrected chi connectivity index (χ2v) is 2.75. The van der Waals surface area contributed by atoms with Crippen LogP contribution in [0.4, 0.5) is 4.79 Å². The normalized spacial score (nSPS) is 10.0. The van der Waals surface area contributed by atoms with Gasteiger partial charge < -0.3 is 20.6 Å². The van der Waals surface area contributed by atoms with E-state index in [1.807, 2.05) is 19.0 Å². The lowest BCUT2D eigenvalue weighted by Crippen LogP contribution is -2.37. The van der Waals surface area contributed by atoms with Crippen molar-refractivity contribution in [3.05, 3.63) is 0 Å². The summed E-state index contributed by atoms with van der Waals surface area (Å²) in [7, 11) is 3.96. The van der Waals surface area contributed by atoms with E-state index in [2.05, 4.69) is 10.6 Å². The molecule has 5 nitrogen and oxygen atoms in total. The first-order valence-electron chi connectivity index (χ1n) is 3.94. The van der Waals surface area contributed by atoms with Gasteiger partial charge in [-0.3, -0.25) is 0 Å². The third kappa shape index (κ3) is 7.30. The molecule has 3 N–H and O–H groups in total. The van der Waals surface area contributed by atoms with E-state index in [1.54, 1.807) is 0 Å². The van der Waals surface area contributed by atoms with Crippen molar-refractivity contribution in [3.63, 3.8) is 0 Å². The Labute approximate surface area is 72.7 Å². The van der Waals surface area contributed by atoms with Crippen LogP contribution in [-0.2, 0) is 0 Å². The SMILES string of the molecule is CN(C)CCCNC(=O)NCO. The summed E-state index contributed by atoms with van der Waals surface area (Å²) in [5, 5.41) is 13.1. The number of nitrogens with zero attached hydrogens (tertiary/aromatic N) is 1. The van der Waals surface area contributed by atoms with Crippen LogP contribution < -0.4 is 10.6 Å². The highest BCUT2D eigenvalue weighted by Crippen LogP contribution is 1.80. The standard InChI is InChI=1S/C7H17N3O2/c1-10(2)5-3-4-8-7(12)9-6-11/h11H,3-6H2,1-2H3,(H2,8,9,12). The van der Waals surface area contributed by atoms with Crippen molar-refractivity contribution in [1.82, 2.24) is 15.5 Å². The third-order valence-corrected chi connectivity index (χ3v) is 1.31. The Bertz CT molecular complexity index is 128. The number of aliphatic hydroxyl groups is 1. The lowest BCUT2D eigenvalue weighted by Gasteiger charge is -2.09. The molecular weight excluding hydrogens is 158 g/mol. The fourth-order valence-electron chi connectivity index (χ4n) is 0.732. The van der Waals surface area contributed by atoms with Crippen LogP contribution in [0.1, 0.15) is 6.42 Å². The number of carbonyl (C=O) groups is 1. The highest BCUT2D eigenvalue weighted by atomic mass is 16.3. The van der Waals surface area contributed by atoms with E-state index in [4.69, 9.17) is 5.11 Å². The number of carbonyl (C=O) groups excluding carboxylic acids is 1. The monoisotopic (exact) mass is 175 g/mol. The minimum atomic E-state index is -0.323. The predicted molar refractivity (Wildman–Crippen MR) is 46.8 cm³/mol. The Balaban J connectivity index is 3.14. The quantitative estimate of drug-likeness (QED) is 0.378. The molecule has 0 saturated carbocycles. The molecular formula is C7H17N3O2. The van der Waals surface area contributed by atoms with E-state index in [0.29, 0.717) is 6.54 Å². The van der Waals surface area contributed by atoms with E-state index >= 15 is 0 Å². The zero-order chi connectivity index (χ0) is 9.40. The van der Waals surface area contributed by atoms with Crippen molar-refractivity contribution in [1.29, 1.82) is 0 Å². The van der Waals surface area contributed by atoms with Crippen molar-refractivity contribution in [2.75, 3.05) is 33.9 Å². The van der Waals surface area contributed by atoms with Crippen LogP contribution in [0.3, 0.4) is 0 Å². The van der Waals surface area contributed by atoms with Gasteiger partial charge in [0.05, 0.1) is 0 Å². The Hall–Kier alpha value is -0.810. The van der Waals surface area contributed by atoms with Crippen LogP contribution in [0.2, 0.25) is 0 Å². The van der Waals surface area contributed by atoms with E-state index < -0.39 is 0 Å². The molecule has 5 heteroatoms. The summed E-state index contributed by atoms with van der Waals surface area (Å²) in [6, 6.07) is -0.323. The van der Waals surface area contributed by atoms with Crippen molar-refractivity contribution in [2.45, 2.75) is 6.42 Å². The zero-order valence-corrected chi connectivity index (χ0v) is 7.63. The Kier molecular flexibility index (Phi) is 6.41. The Morgan fingerprint density at radius 1 is 1.42 bits per heavy atom. The summed E-state index contributed by atoms with van der Waals surface area (Å²) >= 11 is 0. The maximum Gasteiger partial charge on any atom is 0.316 e. The van der Waals surface area contributed by atoms with Gasteiger partial charge in [0.2, 0.25) is 0 Å². The molecule has 0 aliphatic heterocycles. The number of hydrogen-bond donors (Lipinski definition) is 3. The number of nitrogens with one attached hydrogen (secondary N) is 2.